The minimum atomic E-state index is -0.954. The van der Waals surface area contributed by atoms with Crippen molar-refractivity contribution in [3.05, 3.63) is 58.3 Å². The molecule has 2 heterocycles. The van der Waals surface area contributed by atoms with Gasteiger partial charge in [0.05, 0.1) is 20.8 Å². The van der Waals surface area contributed by atoms with E-state index in [-0.39, 0.29) is 26.6 Å². The van der Waals surface area contributed by atoms with Gasteiger partial charge in [-0.15, -0.1) is 5.10 Å². The molecule has 3 rings (SSSR count). The molecule has 25 heavy (non-hydrogen) atoms. The topological polar surface area (TPSA) is 79.6 Å². The number of nitrogens with one attached hydrogen (secondary N) is 1. The van der Waals surface area contributed by atoms with E-state index in [1.54, 1.807) is 12.3 Å². The third-order valence-corrected chi connectivity index (χ3v) is 4.38. The van der Waals surface area contributed by atoms with Crippen LogP contribution >= 0.6 is 34.8 Å². The zero-order chi connectivity index (χ0) is 18.1. The van der Waals surface area contributed by atoms with Gasteiger partial charge >= 0.3 is 0 Å². The second kappa shape index (κ2) is 6.87. The first-order valence-electron chi connectivity index (χ1n) is 6.92. The van der Waals surface area contributed by atoms with E-state index >= 15 is 0 Å². The van der Waals surface area contributed by atoms with Gasteiger partial charge in [0.15, 0.2) is 11.9 Å². The number of nitrogens with zero attached hydrogens (tertiary/aromatic N) is 4. The van der Waals surface area contributed by atoms with Crippen molar-refractivity contribution in [2.24, 2.45) is 5.10 Å². The molecule has 0 radical (unpaired) electrons. The van der Waals surface area contributed by atoms with Gasteiger partial charge in [-0.3, -0.25) is 14.3 Å². The lowest BCUT2D eigenvalue weighted by Gasteiger charge is -2.16. The summed E-state index contributed by atoms with van der Waals surface area (Å²) < 4.78 is 1.37. The quantitative estimate of drug-likeness (QED) is 0.637. The monoisotopic (exact) mass is 397 g/mol. The van der Waals surface area contributed by atoms with Crippen LogP contribution in [0.3, 0.4) is 0 Å². The second-order valence-corrected chi connectivity index (χ2v) is 6.16. The molecule has 0 bridgehead atoms. The molecule has 0 aliphatic carbocycles. The number of aromatic nitrogens is 2. The van der Waals surface area contributed by atoms with E-state index in [9.17, 15) is 9.59 Å². The van der Waals surface area contributed by atoms with E-state index in [0.717, 1.165) is 11.1 Å². The molecule has 1 aromatic heterocycles. The highest BCUT2D eigenvalue weighted by atomic mass is 35.5. The van der Waals surface area contributed by atoms with Gasteiger partial charge in [0.25, 0.3) is 5.91 Å². The fraction of sp³-hybridized carbons (Fsp3) is 0.0667. The molecule has 2 amide bonds. The average Bonchev–Trinajstić information content (AvgIpc) is 3.19. The number of rotatable bonds is 3. The molecule has 128 valence electrons. The van der Waals surface area contributed by atoms with Gasteiger partial charge < -0.3 is 5.32 Å². The van der Waals surface area contributed by atoms with Crippen LogP contribution in [0, 0.1) is 0 Å². The summed E-state index contributed by atoms with van der Waals surface area (Å²) in [5.41, 5.74) is 0.237. The molecule has 0 saturated heterocycles. The lowest BCUT2D eigenvalue weighted by molar-refractivity contribution is -0.119. The Morgan fingerprint density at radius 2 is 1.96 bits per heavy atom. The van der Waals surface area contributed by atoms with E-state index in [0.29, 0.717) is 0 Å². The fourth-order valence-corrected chi connectivity index (χ4v) is 2.86. The Morgan fingerprint density at radius 1 is 1.24 bits per heavy atom. The Bertz CT molecular complexity index is 895. The van der Waals surface area contributed by atoms with Crippen LogP contribution in [0.2, 0.25) is 15.1 Å². The first-order chi connectivity index (χ1) is 11.9. The number of anilines is 1. The van der Waals surface area contributed by atoms with Crippen molar-refractivity contribution in [3.63, 3.8) is 0 Å². The minimum Gasteiger partial charge on any atom is -0.307 e. The maximum Gasteiger partial charge on any atom is 0.280 e. The van der Waals surface area contributed by atoms with Crippen LogP contribution in [0.15, 0.2) is 48.3 Å². The van der Waals surface area contributed by atoms with Crippen LogP contribution in [0.1, 0.15) is 6.04 Å². The van der Waals surface area contributed by atoms with Crippen LogP contribution in [0.25, 0.3) is 0 Å². The lowest BCUT2D eigenvalue weighted by Crippen LogP contribution is -2.37. The summed E-state index contributed by atoms with van der Waals surface area (Å²) in [4.78, 5) is 24.5. The van der Waals surface area contributed by atoms with Crippen molar-refractivity contribution >= 4 is 58.1 Å². The lowest BCUT2D eigenvalue weighted by atomic mass is 10.2. The van der Waals surface area contributed by atoms with Crippen LogP contribution in [0.5, 0.6) is 0 Å². The molecule has 0 saturated carbocycles. The van der Waals surface area contributed by atoms with Crippen molar-refractivity contribution in [2.45, 2.75) is 6.04 Å². The molecular weight excluding hydrogens is 389 g/mol. The molecule has 0 spiro atoms. The Kier molecular flexibility index (Phi) is 4.80. The number of amidine groups is 1. The van der Waals surface area contributed by atoms with Crippen LogP contribution in [-0.2, 0) is 9.59 Å². The third-order valence-electron chi connectivity index (χ3n) is 3.35. The number of hydrazone groups is 1. The number of carbonyl (C=O) groups excluding carboxylic acids is 2. The van der Waals surface area contributed by atoms with E-state index in [2.05, 4.69) is 22.1 Å². The Morgan fingerprint density at radius 3 is 2.60 bits per heavy atom. The highest BCUT2D eigenvalue weighted by Crippen LogP contribution is 2.37. The zero-order valence-electron chi connectivity index (χ0n) is 12.5. The minimum absolute atomic E-state index is 0.0840. The summed E-state index contributed by atoms with van der Waals surface area (Å²) in [6, 6.07) is 3.53. The molecule has 1 N–H and O–H groups in total. The summed E-state index contributed by atoms with van der Waals surface area (Å²) in [5, 5.41) is 12.4. The van der Waals surface area contributed by atoms with Crippen LogP contribution in [0.4, 0.5) is 5.69 Å². The average molecular weight is 399 g/mol. The summed E-state index contributed by atoms with van der Waals surface area (Å²) in [6.45, 7) is 3.38. The smallest absolute Gasteiger partial charge is 0.280 e. The Labute approximate surface area is 157 Å². The first kappa shape index (κ1) is 17.5. The summed E-state index contributed by atoms with van der Waals surface area (Å²) >= 11 is 18.1. The van der Waals surface area contributed by atoms with Gasteiger partial charge in [-0.2, -0.15) is 10.1 Å². The van der Waals surface area contributed by atoms with Gasteiger partial charge in [0.1, 0.15) is 0 Å². The molecule has 7 nitrogen and oxygen atoms in total. The van der Waals surface area contributed by atoms with E-state index < -0.39 is 17.9 Å². The van der Waals surface area contributed by atoms with E-state index in [1.165, 1.54) is 23.0 Å². The van der Waals surface area contributed by atoms with E-state index in [1.807, 2.05) is 0 Å². The number of carbonyl (C=O) groups is 2. The second-order valence-electron chi connectivity index (χ2n) is 4.93. The molecule has 1 aliphatic rings. The molecule has 2 aromatic rings. The molecule has 10 heteroatoms. The SMILES string of the molecule is C=CC(=O)NC1=NN(c2cc(Cl)c(Cl)cc2Cl)C(=O)C1n1cccn1. The molecule has 1 unspecified atom stereocenters. The van der Waals surface area contributed by atoms with Gasteiger partial charge in [-0.25, -0.2) is 0 Å². The summed E-state index contributed by atoms with van der Waals surface area (Å²) in [7, 11) is 0. The third kappa shape index (κ3) is 3.26. The van der Waals surface area contributed by atoms with E-state index in [4.69, 9.17) is 34.8 Å². The highest BCUT2D eigenvalue weighted by molar-refractivity contribution is 6.44. The number of halogens is 3. The van der Waals surface area contributed by atoms with Gasteiger partial charge in [0, 0.05) is 12.4 Å². The predicted molar refractivity (Wildman–Crippen MR) is 96.0 cm³/mol. The highest BCUT2D eigenvalue weighted by Gasteiger charge is 2.40. The first-order valence-corrected chi connectivity index (χ1v) is 8.05. The Balaban J connectivity index is 2.06. The van der Waals surface area contributed by atoms with Gasteiger partial charge in [-0.1, -0.05) is 41.4 Å². The van der Waals surface area contributed by atoms with Crippen molar-refractivity contribution in [1.29, 1.82) is 0 Å². The fourth-order valence-electron chi connectivity index (χ4n) is 2.23. The van der Waals surface area contributed by atoms with Gasteiger partial charge in [-0.05, 0) is 24.3 Å². The Hall–Kier alpha value is -2.35. The maximum atomic E-state index is 12.9. The molecular formula is C15H10Cl3N5O2. The number of hydrogen-bond acceptors (Lipinski definition) is 4. The summed E-state index contributed by atoms with van der Waals surface area (Å²) in [6.07, 6.45) is 4.16. The van der Waals surface area contributed by atoms with Crippen molar-refractivity contribution in [3.8, 4) is 0 Å². The number of amides is 2. The molecule has 1 atom stereocenters. The van der Waals surface area contributed by atoms with Gasteiger partial charge in [0.2, 0.25) is 5.91 Å². The summed E-state index contributed by atoms with van der Waals surface area (Å²) in [5.74, 6) is -0.894. The maximum absolute atomic E-state index is 12.9. The molecule has 1 aromatic carbocycles. The predicted octanol–water partition coefficient (Wildman–Crippen LogP) is 3.05. The normalized spacial score (nSPS) is 16.8. The largest absolute Gasteiger partial charge is 0.307 e. The zero-order valence-corrected chi connectivity index (χ0v) is 14.8. The standard InChI is InChI=1S/C15H10Cl3N5O2/c1-2-12(24)20-14-13(22-5-3-4-19-22)15(25)23(21-14)11-7-9(17)8(16)6-10(11)18/h2-7,13H,1H2,(H,20,21,24). The van der Waals surface area contributed by atoms with Crippen molar-refractivity contribution in [2.75, 3.05) is 5.01 Å². The number of benzene rings is 1. The van der Waals surface area contributed by atoms with Crippen molar-refractivity contribution < 1.29 is 9.59 Å². The molecule has 0 fully saturated rings. The van der Waals surface area contributed by atoms with Crippen LogP contribution in [-0.4, -0.2) is 27.4 Å². The van der Waals surface area contributed by atoms with Crippen molar-refractivity contribution in [1.82, 2.24) is 15.1 Å². The molecule has 1 aliphatic heterocycles. The number of hydrogen-bond donors (Lipinski definition) is 1. The van der Waals surface area contributed by atoms with Crippen LogP contribution < -0.4 is 10.3 Å².